The third-order valence-electron chi connectivity index (χ3n) is 2.21. The first-order valence-corrected chi connectivity index (χ1v) is 6.10. The van der Waals surface area contributed by atoms with Gasteiger partial charge < -0.3 is 5.32 Å². The van der Waals surface area contributed by atoms with E-state index < -0.39 is 12.7 Å². The summed E-state index contributed by atoms with van der Waals surface area (Å²) < 4.78 is 36.9. The van der Waals surface area contributed by atoms with Gasteiger partial charge in [0, 0.05) is 21.5 Å². The number of nitrogens with one attached hydrogen (secondary N) is 1. The van der Waals surface area contributed by atoms with Crippen LogP contribution in [0.1, 0.15) is 4.88 Å². The summed E-state index contributed by atoms with van der Waals surface area (Å²) in [4.78, 5) is 0.733. The number of benzene rings is 1. The molecular weight excluding hydrogens is 271 g/mol. The average Bonchev–Trinajstić information content (AvgIpc) is 2.55. The summed E-state index contributed by atoms with van der Waals surface area (Å²) in [6.07, 6.45) is -4.19. The lowest BCUT2D eigenvalue weighted by atomic mass is 10.2. The Morgan fingerprint density at radius 1 is 1.24 bits per heavy atom. The fourth-order valence-electron chi connectivity index (χ4n) is 1.50. The van der Waals surface area contributed by atoms with Crippen LogP contribution in [0.25, 0.3) is 10.1 Å². The van der Waals surface area contributed by atoms with Gasteiger partial charge in [0.25, 0.3) is 0 Å². The summed E-state index contributed by atoms with van der Waals surface area (Å²) in [7, 11) is 0. The van der Waals surface area contributed by atoms with Crippen LogP contribution in [0.15, 0.2) is 24.3 Å². The van der Waals surface area contributed by atoms with Gasteiger partial charge >= 0.3 is 6.18 Å². The van der Waals surface area contributed by atoms with Gasteiger partial charge in [-0.2, -0.15) is 13.2 Å². The minimum Gasteiger partial charge on any atom is -0.304 e. The predicted molar refractivity (Wildman–Crippen MR) is 64.6 cm³/mol. The van der Waals surface area contributed by atoms with Gasteiger partial charge in [0.15, 0.2) is 0 Å². The molecule has 0 unspecified atom stereocenters. The maximum Gasteiger partial charge on any atom is 0.401 e. The summed E-state index contributed by atoms with van der Waals surface area (Å²) in [6.45, 7) is -0.866. The maximum atomic E-state index is 12.0. The molecule has 0 fully saturated rings. The van der Waals surface area contributed by atoms with Crippen molar-refractivity contribution in [3.05, 3.63) is 34.2 Å². The van der Waals surface area contributed by atoms with E-state index in [-0.39, 0.29) is 6.54 Å². The Hall–Kier alpha value is -0.780. The molecule has 1 aromatic heterocycles. The molecule has 0 saturated carbocycles. The molecule has 6 heteroatoms. The Kier molecular flexibility index (Phi) is 3.61. The Morgan fingerprint density at radius 2 is 1.94 bits per heavy atom. The first-order valence-electron chi connectivity index (χ1n) is 4.91. The van der Waals surface area contributed by atoms with E-state index in [2.05, 4.69) is 5.32 Å². The number of halogens is 4. The predicted octanol–water partition coefficient (Wildman–Crippen LogP) is 4.21. The zero-order valence-corrected chi connectivity index (χ0v) is 10.2. The summed E-state index contributed by atoms with van der Waals surface area (Å²) in [6, 6.07) is 7.50. The molecule has 0 saturated heterocycles. The van der Waals surface area contributed by atoms with Crippen LogP contribution in [-0.2, 0) is 6.54 Å². The Bertz CT molecular complexity index is 521. The first-order chi connectivity index (χ1) is 7.97. The highest BCUT2D eigenvalue weighted by Crippen LogP contribution is 2.35. The first kappa shape index (κ1) is 12.7. The lowest BCUT2D eigenvalue weighted by Gasteiger charge is -2.06. The van der Waals surface area contributed by atoms with E-state index >= 15 is 0 Å². The second-order valence-electron chi connectivity index (χ2n) is 3.55. The molecule has 1 N–H and O–H groups in total. The largest absolute Gasteiger partial charge is 0.401 e. The zero-order chi connectivity index (χ0) is 12.5. The second kappa shape index (κ2) is 4.84. The van der Waals surface area contributed by atoms with Crippen molar-refractivity contribution in [2.24, 2.45) is 0 Å². The Balaban J connectivity index is 2.11. The van der Waals surface area contributed by atoms with E-state index in [0.717, 1.165) is 15.0 Å². The van der Waals surface area contributed by atoms with E-state index in [4.69, 9.17) is 11.6 Å². The molecule has 0 aliphatic carbocycles. The number of fused-ring (bicyclic) bond motifs is 1. The summed E-state index contributed by atoms with van der Waals surface area (Å²) in [5.41, 5.74) is 0. The van der Waals surface area contributed by atoms with Crippen molar-refractivity contribution in [3.63, 3.8) is 0 Å². The lowest BCUT2D eigenvalue weighted by Crippen LogP contribution is -2.28. The topological polar surface area (TPSA) is 12.0 Å². The molecule has 92 valence electrons. The van der Waals surface area contributed by atoms with Gasteiger partial charge in [0.05, 0.1) is 11.6 Å². The summed E-state index contributed by atoms with van der Waals surface area (Å²) >= 11 is 7.51. The van der Waals surface area contributed by atoms with Crippen LogP contribution >= 0.6 is 22.9 Å². The number of hydrogen-bond donors (Lipinski definition) is 1. The van der Waals surface area contributed by atoms with Crippen molar-refractivity contribution in [3.8, 4) is 0 Å². The van der Waals surface area contributed by atoms with Crippen LogP contribution in [0, 0.1) is 0 Å². The van der Waals surface area contributed by atoms with Gasteiger partial charge in [0.1, 0.15) is 0 Å². The van der Waals surface area contributed by atoms with Crippen molar-refractivity contribution in [2.45, 2.75) is 12.7 Å². The van der Waals surface area contributed by atoms with E-state index in [1.165, 1.54) is 11.3 Å². The molecule has 2 aromatic rings. The van der Waals surface area contributed by atoms with Gasteiger partial charge in [0.2, 0.25) is 0 Å². The summed E-state index contributed by atoms with van der Waals surface area (Å²) in [5, 5.41) is 3.78. The molecule has 0 aliphatic heterocycles. The second-order valence-corrected chi connectivity index (χ2v) is 5.07. The third kappa shape index (κ3) is 3.12. The van der Waals surface area contributed by atoms with Crippen molar-refractivity contribution in [2.75, 3.05) is 6.54 Å². The third-order valence-corrected chi connectivity index (χ3v) is 3.93. The quantitative estimate of drug-likeness (QED) is 0.888. The molecule has 1 heterocycles. The molecule has 0 spiro atoms. The highest BCUT2D eigenvalue weighted by atomic mass is 35.5. The van der Waals surface area contributed by atoms with Crippen LogP contribution in [0.3, 0.4) is 0 Å². The van der Waals surface area contributed by atoms with Crippen LogP contribution in [0.2, 0.25) is 5.02 Å². The minimum atomic E-state index is -4.19. The molecule has 0 aliphatic rings. The van der Waals surface area contributed by atoms with Gasteiger partial charge in [-0.3, -0.25) is 0 Å². The zero-order valence-electron chi connectivity index (χ0n) is 8.64. The van der Waals surface area contributed by atoms with Crippen LogP contribution in [-0.4, -0.2) is 12.7 Å². The highest BCUT2D eigenvalue weighted by Gasteiger charge is 2.26. The van der Waals surface area contributed by atoms with E-state index in [9.17, 15) is 13.2 Å². The highest BCUT2D eigenvalue weighted by molar-refractivity contribution is 7.19. The lowest BCUT2D eigenvalue weighted by molar-refractivity contribution is -0.125. The minimum absolute atomic E-state index is 0.137. The van der Waals surface area contributed by atoms with E-state index in [1.54, 1.807) is 0 Å². The van der Waals surface area contributed by atoms with Crippen molar-refractivity contribution in [1.82, 2.24) is 5.32 Å². The van der Waals surface area contributed by atoms with Crippen molar-refractivity contribution < 1.29 is 13.2 Å². The van der Waals surface area contributed by atoms with Gasteiger partial charge in [-0.15, -0.1) is 11.3 Å². The fourth-order valence-corrected chi connectivity index (χ4v) is 2.97. The average molecular weight is 280 g/mol. The maximum absolute atomic E-state index is 12.0. The van der Waals surface area contributed by atoms with Crippen LogP contribution in [0.5, 0.6) is 0 Å². The normalized spacial score (nSPS) is 12.2. The molecule has 17 heavy (non-hydrogen) atoms. The number of rotatable bonds is 3. The van der Waals surface area contributed by atoms with E-state index in [1.807, 2.05) is 24.3 Å². The van der Waals surface area contributed by atoms with Crippen molar-refractivity contribution >= 4 is 33.0 Å². The fraction of sp³-hybridized carbons (Fsp3) is 0.273. The molecule has 2 rings (SSSR count). The van der Waals surface area contributed by atoms with Crippen molar-refractivity contribution in [1.29, 1.82) is 0 Å². The SMILES string of the molecule is FC(F)(F)CNCc1sc2ccccc2c1Cl. The molecule has 0 amide bonds. The molecule has 1 aromatic carbocycles. The Labute approximate surface area is 105 Å². The molecule has 0 radical (unpaired) electrons. The molecule has 0 atom stereocenters. The number of hydrogen-bond acceptors (Lipinski definition) is 2. The van der Waals surface area contributed by atoms with Crippen LogP contribution < -0.4 is 5.32 Å². The molecular formula is C11H9ClF3NS. The summed E-state index contributed by atoms with van der Waals surface area (Å²) in [5.74, 6) is 0. The van der Waals surface area contributed by atoms with Gasteiger partial charge in [-0.25, -0.2) is 0 Å². The van der Waals surface area contributed by atoms with Gasteiger partial charge in [-0.1, -0.05) is 29.8 Å². The molecule has 1 nitrogen and oxygen atoms in total. The van der Waals surface area contributed by atoms with Crippen LogP contribution in [0.4, 0.5) is 13.2 Å². The standard InChI is InChI=1S/C11H9ClF3NS/c12-10-7-3-1-2-4-8(7)17-9(10)5-16-6-11(13,14)15/h1-4,16H,5-6H2. The monoisotopic (exact) mass is 279 g/mol. The Morgan fingerprint density at radius 3 is 2.59 bits per heavy atom. The number of thiophene rings is 1. The smallest absolute Gasteiger partial charge is 0.304 e. The van der Waals surface area contributed by atoms with Gasteiger partial charge in [-0.05, 0) is 6.07 Å². The molecule has 0 bridgehead atoms. The number of alkyl halides is 3. The van der Waals surface area contributed by atoms with E-state index in [0.29, 0.717) is 5.02 Å².